The number of halogens is 1. The van der Waals surface area contributed by atoms with Crippen molar-refractivity contribution >= 4 is 37.3 Å². The van der Waals surface area contributed by atoms with Crippen LogP contribution in [0.15, 0.2) is 14.1 Å². The van der Waals surface area contributed by atoms with Crippen LogP contribution >= 0.6 is 27.3 Å². The van der Waals surface area contributed by atoms with Gasteiger partial charge in [-0.25, -0.2) is 13.1 Å². The summed E-state index contributed by atoms with van der Waals surface area (Å²) in [4.78, 5) is 0. The van der Waals surface area contributed by atoms with E-state index in [0.717, 1.165) is 20.7 Å². The van der Waals surface area contributed by atoms with Crippen LogP contribution in [0.4, 0.5) is 0 Å². The van der Waals surface area contributed by atoms with Crippen molar-refractivity contribution in [2.24, 2.45) is 5.73 Å². The summed E-state index contributed by atoms with van der Waals surface area (Å²) in [5.74, 6) is 0. The van der Waals surface area contributed by atoms with E-state index in [0.29, 0.717) is 0 Å². The number of thiophene rings is 1. The van der Waals surface area contributed by atoms with Crippen molar-refractivity contribution in [2.75, 3.05) is 6.54 Å². The molecule has 2 unspecified atom stereocenters. The Morgan fingerprint density at radius 2 is 2.24 bits per heavy atom. The largest absolute Gasteiger partial charge is 0.392 e. The summed E-state index contributed by atoms with van der Waals surface area (Å²) in [6.07, 6.45) is -0.755. The summed E-state index contributed by atoms with van der Waals surface area (Å²) in [7, 11) is -3.54. The highest BCUT2D eigenvalue weighted by Crippen LogP contribution is 2.30. The fourth-order valence-electron chi connectivity index (χ4n) is 1.01. The first-order valence-corrected chi connectivity index (χ1v) is 8.02. The molecule has 0 saturated heterocycles. The molecule has 1 aromatic heterocycles. The van der Waals surface area contributed by atoms with Gasteiger partial charge in [0.1, 0.15) is 4.21 Å². The summed E-state index contributed by atoms with van der Waals surface area (Å²) in [6, 6.07) is 0.972. The van der Waals surface area contributed by atoms with Gasteiger partial charge in [0.2, 0.25) is 10.0 Å². The Kier molecular flexibility index (Phi) is 5.11. The van der Waals surface area contributed by atoms with Crippen molar-refractivity contribution in [2.45, 2.75) is 30.2 Å². The van der Waals surface area contributed by atoms with Crippen molar-refractivity contribution in [3.8, 4) is 0 Å². The van der Waals surface area contributed by atoms with E-state index in [-0.39, 0.29) is 10.8 Å². The SMILES string of the molecule is Cc1cc(S(=O)(=O)NCC(N)C(C)O)sc1Br. The molecule has 0 aliphatic rings. The molecule has 0 aliphatic heterocycles. The van der Waals surface area contributed by atoms with Crippen molar-refractivity contribution in [3.63, 3.8) is 0 Å². The maximum Gasteiger partial charge on any atom is 0.250 e. The van der Waals surface area contributed by atoms with Crippen molar-refractivity contribution in [1.29, 1.82) is 0 Å². The zero-order valence-corrected chi connectivity index (χ0v) is 12.7. The van der Waals surface area contributed by atoms with Crippen LogP contribution < -0.4 is 10.5 Å². The van der Waals surface area contributed by atoms with Crippen LogP contribution in [0.25, 0.3) is 0 Å². The topological polar surface area (TPSA) is 92.4 Å². The lowest BCUT2D eigenvalue weighted by atomic mass is 10.2. The second kappa shape index (κ2) is 5.77. The van der Waals surface area contributed by atoms with Gasteiger partial charge in [-0.05, 0) is 41.4 Å². The maximum atomic E-state index is 11.9. The molecule has 0 bridgehead atoms. The van der Waals surface area contributed by atoms with Gasteiger partial charge in [0, 0.05) is 12.6 Å². The summed E-state index contributed by atoms with van der Waals surface area (Å²) < 4.78 is 27.1. The molecule has 2 atom stereocenters. The monoisotopic (exact) mass is 342 g/mol. The Labute approximate surface area is 113 Å². The molecular weight excluding hydrogens is 328 g/mol. The van der Waals surface area contributed by atoms with E-state index in [1.54, 1.807) is 6.07 Å². The minimum atomic E-state index is -3.54. The number of sulfonamides is 1. The van der Waals surface area contributed by atoms with Gasteiger partial charge < -0.3 is 10.8 Å². The number of aliphatic hydroxyl groups is 1. The van der Waals surface area contributed by atoms with Gasteiger partial charge in [-0.3, -0.25) is 0 Å². The minimum Gasteiger partial charge on any atom is -0.392 e. The Morgan fingerprint density at radius 1 is 1.65 bits per heavy atom. The van der Waals surface area contributed by atoms with Crippen LogP contribution in [0.1, 0.15) is 12.5 Å². The van der Waals surface area contributed by atoms with Gasteiger partial charge in [0.05, 0.1) is 9.89 Å². The molecule has 0 saturated carbocycles. The van der Waals surface area contributed by atoms with Gasteiger partial charge >= 0.3 is 0 Å². The summed E-state index contributed by atoms with van der Waals surface area (Å²) in [5, 5.41) is 9.17. The summed E-state index contributed by atoms with van der Waals surface area (Å²) >= 11 is 4.42. The second-order valence-corrected chi connectivity index (χ2v) is 8.14. The number of hydrogen-bond acceptors (Lipinski definition) is 5. The Balaban J connectivity index is 2.76. The Hall–Kier alpha value is 0.01000. The molecule has 1 aromatic rings. The third-order valence-corrected chi connectivity index (χ3v) is 6.26. The molecule has 0 fully saturated rings. The molecule has 98 valence electrons. The number of aliphatic hydroxyl groups excluding tert-OH is 1. The lowest BCUT2D eigenvalue weighted by Crippen LogP contribution is -2.43. The number of nitrogens with one attached hydrogen (secondary N) is 1. The molecule has 1 rings (SSSR count). The molecule has 0 spiro atoms. The molecule has 1 heterocycles. The third kappa shape index (κ3) is 4.01. The highest BCUT2D eigenvalue weighted by Gasteiger charge is 2.20. The van der Waals surface area contributed by atoms with Crippen LogP contribution in [-0.2, 0) is 10.0 Å². The summed E-state index contributed by atoms with van der Waals surface area (Å²) in [6.45, 7) is 3.35. The fraction of sp³-hybridized carbons (Fsp3) is 0.556. The third-order valence-electron chi connectivity index (χ3n) is 2.23. The van der Waals surface area contributed by atoms with E-state index in [2.05, 4.69) is 20.7 Å². The van der Waals surface area contributed by atoms with Crippen molar-refractivity contribution in [3.05, 3.63) is 15.4 Å². The average molecular weight is 343 g/mol. The molecular formula is C9H15BrN2O3S2. The van der Waals surface area contributed by atoms with E-state index in [1.807, 2.05) is 6.92 Å². The molecule has 0 aromatic carbocycles. The number of rotatable bonds is 5. The molecule has 0 amide bonds. The lowest BCUT2D eigenvalue weighted by molar-refractivity contribution is 0.164. The van der Waals surface area contributed by atoms with E-state index >= 15 is 0 Å². The van der Waals surface area contributed by atoms with Gasteiger partial charge in [-0.1, -0.05) is 0 Å². The molecule has 8 heteroatoms. The van der Waals surface area contributed by atoms with Crippen LogP contribution in [0.2, 0.25) is 0 Å². The van der Waals surface area contributed by atoms with Crippen LogP contribution in [-0.4, -0.2) is 32.2 Å². The molecule has 4 N–H and O–H groups in total. The first kappa shape index (κ1) is 15.1. The summed E-state index contributed by atoms with van der Waals surface area (Å²) in [5.41, 5.74) is 6.42. The van der Waals surface area contributed by atoms with Crippen LogP contribution in [0.5, 0.6) is 0 Å². The molecule has 0 radical (unpaired) electrons. The van der Waals surface area contributed by atoms with E-state index in [1.165, 1.54) is 6.92 Å². The van der Waals surface area contributed by atoms with Crippen LogP contribution in [0.3, 0.4) is 0 Å². The molecule has 0 aliphatic carbocycles. The highest BCUT2D eigenvalue weighted by molar-refractivity contribution is 9.11. The first-order chi connectivity index (χ1) is 7.74. The smallest absolute Gasteiger partial charge is 0.250 e. The minimum absolute atomic E-state index is 0.00850. The Bertz CT molecular complexity index is 465. The maximum absolute atomic E-state index is 11.9. The Morgan fingerprint density at radius 3 is 2.65 bits per heavy atom. The average Bonchev–Trinajstić information content (AvgIpc) is 2.56. The molecule has 17 heavy (non-hydrogen) atoms. The van der Waals surface area contributed by atoms with Crippen molar-refractivity contribution in [1.82, 2.24) is 4.72 Å². The standard InChI is InChI=1S/C9H15BrN2O3S2/c1-5-3-8(16-9(5)10)17(14,15)12-4-7(11)6(2)13/h3,6-7,12-13H,4,11H2,1-2H3. The fourth-order valence-corrected chi connectivity index (χ4v) is 4.35. The van der Waals surface area contributed by atoms with Crippen LogP contribution in [0, 0.1) is 6.92 Å². The first-order valence-electron chi connectivity index (χ1n) is 4.93. The second-order valence-electron chi connectivity index (χ2n) is 3.78. The number of hydrogen-bond donors (Lipinski definition) is 3. The zero-order valence-electron chi connectivity index (χ0n) is 9.47. The van der Waals surface area contributed by atoms with Gasteiger partial charge in [0.25, 0.3) is 0 Å². The molecule has 5 nitrogen and oxygen atoms in total. The lowest BCUT2D eigenvalue weighted by Gasteiger charge is -2.14. The zero-order chi connectivity index (χ0) is 13.2. The van der Waals surface area contributed by atoms with Crippen molar-refractivity contribution < 1.29 is 13.5 Å². The highest BCUT2D eigenvalue weighted by atomic mass is 79.9. The van der Waals surface area contributed by atoms with E-state index in [4.69, 9.17) is 5.73 Å². The normalized spacial score (nSPS) is 15.8. The number of aryl methyl sites for hydroxylation is 1. The predicted molar refractivity (Wildman–Crippen MR) is 71.6 cm³/mol. The quantitative estimate of drug-likeness (QED) is 0.738. The van der Waals surface area contributed by atoms with E-state index < -0.39 is 22.2 Å². The van der Waals surface area contributed by atoms with Gasteiger partial charge in [0.15, 0.2) is 0 Å². The van der Waals surface area contributed by atoms with E-state index in [9.17, 15) is 13.5 Å². The number of nitrogens with two attached hydrogens (primary N) is 1. The predicted octanol–water partition coefficient (Wildman–Crippen LogP) is 0.805. The van der Waals surface area contributed by atoms with Gasteiger partial charge in [-0.2, -0.15) is 0 Å². The van der Waals surface area contributed by atoms with Gasteiger partial charge in [-0.15, -0.1) is 11.3 Å².